The summed E-state index contributed by atoms with van der Waals surface area (Å²) in [5, 5.41) is 19.5. The van der Waals surface area contributed by atoms with Crippen LogP contribution in [0.25, 0.3) is 0 Å². The van der Waals surface area contributed by atoms with Crippen molar-refractivity contribution in [3.8, 4) is 0 Å². The molecule has 3 rings (SSSR count). The summed E-state index contributed by atoms with van der Waals surface area (Å²) in [5.41, 5.74) is -1.95. The lowest BCUT2D eigenvalue weighted by Crippen LogP contribution is -2.65. The van der Waals surface area contributed by atoms with Crippen molar-refractivity contribution < 1.29 is 28.3 Å². The van der Waals surface area contributed by atoms with E-state index < -0.39 is 27.3 Å². The largest absolute Gasteiger partial charge is 0.486 e. The molecule has 1 atom stereocenters. The van der Waals surface area contributed by atoms with E-state index in [9.17, 15) is 14.8 Å². The van der Waals surface area contributed by atoms with Crippen molar-refractivity contribution in [2.24, 2.45) is 0 Å². The van der Waals surface area contributed by atoms with E-state index in [1.807, 2.05) is 0 Å². The fraction of sp³-hybridized carbons (Fsp3) is 1.00. The van der Waals surface area contributed by atoms with Gasteiger partial charge in [0.25, 0.3) is 0 Å². The molecule has 76 valence electrons. The SMILES string of the molecule is C[Si](C)(C)C1(O)OP2(=O)OC1(O)O2. The Morgan fingerprint density at radius 1 is 1.15 bits per heavy atom. The van der Waals surface area contributed by atoms with Gasteiger partial charge in [-0.05, 0) is 0 Å². The van der Waals surface area contributed by atoms with Crippen molar-refractivity contribution in [3.63, 3.8) is 0 Å². The number of phosphoric ester groups is 1. The average molecular weight is 226 g/mol. The molecule has 1 unspecified atom stereocenters. The number of fused-ring (bicyclic) bond motifs is 1. The third-order valence-electron chi connectivity index (χ3n) is 2.16. The maximum Gasteiger partial charge on any atom is 0.486 e. The molecular weight excluding hydrogens is 215 g/mol. The van der Waals surface area contributed by atoms with Crippen molar-refractivity contribution in [2.45, 2.75) is 31.0 Å². The van der Waals surface area contributed by atoms with Gasteiger partial charge >= 0.3 is 13.8 Å². The van der Waals surface area contributed by atoms with Gasteiger partial charge in [-0.1, -0.05) is 19.6 Å². The van der Waals surface area contributed by atoms with E-state index in [1.54, 1.807) is 19.6 Å². The molecule has 3 aliphatic heterocycles. The lowest BCUT2D eigenvalue weighted by atomic mass is 10.5. The van der Waals surface area contributed by atoms with Crippen molar-refractivity contribution in [1.82, 2.24) is 0 Å². The van der Waals surface area contributed by atoms with Gasteiger partial charge in [-0.2, -0.15) is 0 Å². The molecule has 3 aliphatic rings. The van der Waals surface area contributed by atoms with Gasteiger partial charge in [-0.15, -0.1) is 0 Å². The normalized spacial score (nSPS) is 54.8. The second-order valence-electron chi connectivity index (χ2n) is 4.20. The summed E-state index contributed by atoms with van der Waals surface area (Å²) in [6.45, 7) is 5.23. The lowest BCUT2D eigenvalue weighted by Gasteiger charge is -2.38. The zero-order chi connectivity index (χ0) is 10.1. The van der Waals surface area contributed by atoms with Gasteiger partial charge in [0.1, 0.15) is 8.07 Å². The molecule has 3 saturated heterocycles. The molecule has 8 heteroatoms. The Balaban J connectivity index is 2.43. The van der Waals surface area contributed by atoms with E-state index >= 15 is 0 Å². The zero-order valence-corrected chi connectivity index (χ0v) is 9.37. The topological polar surface area (TPSA) is 85.2 Å². The molecule has 0 aromatic heterocycles. The molecule has 0 radical (unpaired) electrons. The van der Waals surface area contributed by atoms with Gasteiger partial charge in [0.15, 0.2) is 0 Å². The first-order valence-electron chi connectivity index (χ1n) is 3.79. The molecule has 2 bridgehead atoms. The number of aliphatic hydroxyl groups is 2. The number of hydrogen-bond donors (Lipinski definition) is 2. The third kappa shape index (κ3) is 0.979. The lowest BCUT2D eigenvalue weighted by molar-refractivity contribution is -0.371. The third-order valence-corrected chi connectivity index (χ3v) is 6.21. The Kier molecular flexibility index (Phi) is 1.57. The van der Waals surface area contributed by atoms with Crippen LogP contribution in [0.1, 0.15) is 0 Å². The molecule has 13 heavy (non-hydrogen) atoms. The fourth-order valence-corrected chi connectivity index (χ4v) is 5.33. The molecule has 0 aliphatic carbocycles. The van der Waals surface area contributed by atoms with Gasteiger partial charge in [-0.25, -0.2) is 18.1 Å². The summed E-state index contributed by atoms with van der Waals surface area (Å²) in [6, 6.07) is 0. The molecular formula is C5H11O6PSi. The standard InChI is InChI=1S/C5H11O6PSi/c1-13(2,3)5(7)4(6)9-12(8,10-4)11-5/h6-7H,1-3H3. The van der Waals surface area contributed by atoms with Crippen LogP contribution in [0.4, 0.5) is 0 Å². The predicted molar refractivity (Wildman–Crippen MR) is 44.1 cm³/mol. The average Bonchev–Trinajstić information content (AvgIpc) is 2.08. The van der Waals surface area contributed by atoms with Crippen LogP contribution in [0.15, 0.2) is 0 Å². The van der Waals surface area contributed by atoms with Gasteiger partial charge in [0.2, 0.25) is 5.41 Å². The molecule has 3 fully saturated rings. The van der Waals surface area contributed by atoms with Crippen molar-refractivity contribution >= 4 is 15.9 Å². The summed E-state index contributed by atoms with van der Waals surface area (Å²) in [6.07, 6.45) is 0. The van der Waals surface area contributed by atoms with Crippen molar-refractivity contribution in [2.75, 3.05) is 0 Å². The molecule has 2 N–H and O–H groups in total. The number of rotatable bonds is 1. The maximum atomic E-state index is 11.2. The first kappa shape index (κ1) is 9.79. The Labute approximate surface area is 76.0 Å². The number of phosphoric acid groups is 1. The van der Waals surface area contributed by atoms with E-state index in [-0.39, 0.29) is 0 Å². The van der Waals surface area contributed by atoms with Gasteiger partial charge < -0.3 is 10.2 Å². The molecule has 3 heterocycles. The molecule has 6 nitrogen and oxygen atoms in total. The van der Waals surface area contributed by atoms with Gasteiger partial charge in [0.05, 0.1) is 0 Å². The van der Waals surface area contributed by atoms with E-state index in [1.165, 1.54) is 0 Å². The van der Waals surface area contributed by atoms with Crippen LogP contribution in [-0.2, 0) is 18.1 Å². The van der Waals surface area contributed by atoms with Crippen molar-refractivity contribution in [1.29, 1.82) is 0 Å². The molecule has 0 aromatic rings. The van der Waals surface area contributed by atoms with Crippen LogP contribution in [0, 0.1) is 0 Å². The first-order valence-corrected chi connectivity index (χ1v) is 8.75. The minimum absolute atomic E-state index is 1.74. The zero-order valence-electron chi connectivity index (χ0n) is 7.47. The second kappa shape index (κ2) is 2.09. The van der Waals surface area contributed by atoms with Crippen LogP contribution >= 0.6 is 7.82 Å². The minimum atomic E-state index is -3.65. The minimum Gasteiger partial charge on any atom is -0.362 e. The second-order valence-corrected chi connectivity index (χ2v) is 10.8. The Morgan fingerprint density at radius 2 is 1.62 bits per heavy atom. The number of hydrogen-bond acceptors (Lipinski definition) is 6. The van der Waals surface area contributed by atoms with Crippen LogP contribution in [0.5, 0.6) is 0 Å². The maximum absolute atomic E-state index is 11.2. The molecule has 0 aromatic carbocycles. The predicted octanol–water partition coefficient (Wildman–Crippen LogP) is 0.384. The van der Waals surface area contributed by atoms with E-state index in [2.05, 4.69) is 9.05 Å². The quantitative estimate of drug-likeness (QED) is 0.496. The molecule has 0 spiro atoms. The van der Waals surface area contributed by atoms with E-state index in [0.717, 1.165) is 0 Å². The Morgan fingerprint density at radius 3 is 1.77 bits per heavy atom. The monoisotopic (exact) mass is 226 g/mol. The molecule has 0 saturated carbocycles. The van der Waals surface area contributed by atoms with E-state index in [4.69, 9.17) is 4.52 Å². The summed E-state index contributed by atoms with van der Waals surface area (Å²) >= 11 is 0. The van der Waals surface area contributed by atoms with Gasteiger partial charge in [0, 0.05) is 0 Å². The van der Waals surface area contributed by atoms with Crippen molar-refractivity contribution in [3.05, 3.63) is 0 Å². The highest BCUT2D eigenvalue weighted by Gasteiger charge is 2.82. The fourth-order valence-electron chi connectivity index (χ4n) is 1.30. The summed E-state index contributed by atoms with van der Waals surface area (Å²) in [5.74, 6) is -2.23. The first-order chi connectivity index (χ1) is 5.62. The highest BCUT2D eigenvalue weighted by molar-refractivity contribution is 7.50. The van der Waals surface area contributed by atoms with Crippen LogP contribution in [-0.4, -0.2) is 29.7 Å². The summed E-state index contributed by atoms with van der Waals surface area (Å²) in [7, 11) is -5.98. The Hall–Kier alpha value is 0.247. The molecule has 0 amide bonds. The van der Waals surface area contributed by atoms with Crippen LogP contribution < -0.4 is 0 Å². The van der Waals surface area contributed by atoms with Crippen LogP contribution in [0.3, 0.4) is 0 Å². The van der Waals surface area contributed by atoms with E-state index in [0.29, 0.717) is 0 Å². The van der Waals surface area contributed by atoms with Gasteiger partial charge in [-0.3, -0.25) is 0 Å². The summed E-state index contributed by atoms with van der Waals surface area (Å²) in [4.78, 5) is 0. The smallest absolute Gasteiger partial charge is 0.362 e. The highest BCUT2D eigenvalue weighted by atomic mass is 31.2. The van der Waals surface area contributed by atoms with Crippen LogP contribution in [0.2, 0.25) is 19.6 Å². The highest BCUT2D eigenvalue weighted by Crippen LogP contribution is 2.77. The Bertz CT molecular complexity index is 301. The summed E-state index contributed by atoms with van der Waals surface area (Å²) < 4.78 is 25.0.